The Morgan fingerprint density at radius 2 is 2.10 bits per heavy atom. The maximum Gasteiger partial charge on any atom is 0.237 e. The molecule has 21 heavy (non-hydrogen) atoms. The monoisotopic (exact) mass is 289 g/mol. The van der Waals surface area contributed by atoms with Crippen LogP contribution in [-0.2, 0) is 4.79 Å². The molecule has 3 N–H and O–H groups in total. The molecule has 1 fully saturated rings. The van der Waals surface area contributed by atoms with Gasteiger partial charge < -0.3 is 16.0 Å². The second-order valence-corrected chi connectivity index (χ2v) is 6.53. The molecule has 116 valence electrons. The molecule has 0 saturated carbocycles. The van der Waals surface area contributed by atoms with Gasteiger partial charge in [0.15, 0.2) is 0 Å². The summed E-state index contributed by atoms with van der Waals surface area (Å²) in [7, 11) is 0. The number of rotatable bonds is 6. The van der Waals surface area contributed by atoms with Gasteiger partial charge in [-0.05, 0) is 45.7 Å². The van der Waals surface area contributed by atoms with Gasteiger partial charge in [-0.2, -0.15) is 0 Å². The Bertz CT molecular complexity index is 452. The average Bonchev–Trinajstić information content (AvgIpc) is 2.99. The van der Waals surface area contributed by atoms with Gasteiger partial charge in [0.05, 0.1) is 6.04 Å². The fourth-order valence-electron chi connectivity index (χ4n) is 2.80. The SMILES string of the molecule is CC(NC(C)(C)CNC(=O)C1CCCN1)c1ccccc1. The molecule has 1 aromatic carbocycles. The predicted octanol–water partition coefficient (Wildman–Crippen LogP) is 1.98. The molecular formula is C17H27N3O. The highest BCUT2D eigenvalue weighted by molar-refractivity contribution is 5.82. The van der Waals surface area contributed by atoms with Crippen molar-refractivity contribution in [3.63, 3.8) is 0 Å². The molecule has 1 saturated heterocycles. The van der Waals surface area contributed by atoms with Crippen LogP contribution in [0.4, 0.5) is 0 Å². The summed E-state index contributed by atoms with van der Waals surface area (Å²) in [6, 6.07) is 10.6. The number of nitrogens with one attached hydrogen (secondary N) is 3. The van der Waals surface area contributed by atoms with Crippen LogP contribution in [0.2, 0.25) is 0 Å². The largest absolute Gasteiger partial charge is 0.353 e. The number of carbonyl (C=O) groups excluding carboxylic acids is 1. The van der Waals surface area contributed by atoms with Crippen molar-refractivity contribution in [1.29, 1.82) is 0 Å². The van der Waals surface area contributed by atoms with Crippen LogP contribution in [0.1, 0.15) is 45.2 Å². The summed E-state index contributed by atoms with van der Waals surface area (Å²) in [5.74, 6) is 0.120. The first kappa shape index (κ1) is 16.0. The lowest BCUT2D eigenvalue weighted by atomic mass is 10.0. The first-order valence-electron chi connectivity index (χ1n) is 7.82. The van der Waals surface area contributed by atoms with Gasteiger partial charge in [0.2, 0.25) is 5.91 Å². The molecule has 2 atom stereocenters. The summed E-state index contributed by atoms with van der Waals surface area (Å²) in [5, 5.41) is 9.87. The summed E-state index contributed by atoms with van der Waals surface area (Å²) >= 11 is 0. The second kappa shape index (κ2) is 7.05. The van der Waals surface area contributed by atoms with Crippen LogP contribution < -0.4 is 16.0 Å². The maximum atomic E-state index is 12.0. The molecule has 0 radical (unpaired) electrons. The molecule has 4 nitrogen and oxygen atoms in total. The highest BCUT2D eigenvalue weighted by Gasteiger charge is 2.25. The zero-order chi connectivity index (χ0) is 15.3. The Kier molecular flexibility index (Phi) is 5.37. The van der Waals surface area contributed by atoms with Crippen LogP contribution in [0.3, 0.4) is 0 Å². The third-order valence-corrected chi connectivity index (χ3v) is 3.99. The first-order chi connectivity index (χ1) is 9.98. The van der Waals surface area contributed by atoms with Crippen molar-refractivity contribution >= 4 is 5.91 Å². The van der Waals surface area contributed by atoms with Gasteiger partial charge in [0, 0.05) is 18.1 Å². The predicted molar refractivity (Wildman–Crippen MR) is 86.1 cm³/mol. The van der Waals surface area contributed by atoms with Crippen molar-refractivity contribution in [2.45, 2.75) is 51.2 Å². The van der Waals surface area contributed by atoms with E-state index < -0.39 is 0 Å². The molecule has 2 unspecified atom stereocenters. The minimum absolute atomic E-state index is 0.00709. The number of hydrogen-bond donors (Lipinski definition) is 3. The fraction of sp³-hybridized carbons (Fsp3) is 0.588. The molecule has 1 aliphatic rings. The van der Waals surface area contributed by atoms with Gasteiger partial charge in [-0.1, -0.05) is 30.3 Å². The van der Waals surface area contributed by atoms with Crippen molar-refractivity contribution in [2.24, 2.45) is 0 Å². The molecule has 0 aliphatic carbocycles. The van der Waals surface area contributed by atoms with Crippen LogP contribution in [-0.4, -0.2) is 30.6 Å². The van der Waals surface area contributed by atoms with Crippen molar-refractivity contribution in [3.05, 3.63) is 35.9 Å². The quantitative estimate of drug-likeness (QED) is 0.750. The van der Waals surface area contributed by atoms with Gasteiger partial charge >= 0.3 is 0 Å². The molecule has 1 aliphatic heterocycles. The summed E-state index contributed by atoms with van der Waals surface area (Å²) in [6.07, 6.45) is 2.03. The molecule has 1 amide bonds. The van der Waals surface area contributed by atoms with Crippen LogP contribution in [0.25, 0.3) is 0 Å². The van der Waals surface area contributed by atoms with E-state index in [2.05, 4.69) is 48.9 Å². The summed E-state index contributed by atoms with van der Waals surface area (Å²) in [5.41, 5.74) is 1.11. The Morgan fingerprint density at radius 1 is 1.38 bits per heavy atom. The third kappa shape index (κ3) is 4.83. The molecular weight excluding hydrogens is 262 g/mol. The van der Waals surface area contributed by atoms with Crippen molar-refractivity contribution in [3.8, 4) is 0 Å². The normalized spacial score (nSPS) is 20.2. The van der Waals surface area contributed by atoms with E-state index in [0.717, 1.165) is 19.4 Å². The van der Waals surface area contributed by atoms with Crippen LogP contribution >= 0.6 is 0 Å². The van der Waals surface area contributed by atoms with Crippen molar-refractivity contribution < 1.29 is 4.79 Å². The lowest BCUT2D eigenvalue weighted by Crippen LogP contribution is -2.52. The van der Waals surface area contributed by atoms with E-state index in [1.54, 1.807) is 0 Å². The van der Waals surface area contributed by atoms with Gasteiger partial charge in [0.1, 0.15) is 0 Å². The standard InChI is InChI=1S/C17H27N3O/c1-13(14-8-5-4-6-9-14)20-17(2,3)12-19-16(21)15-10-7-11-18-15/h4-6,8-9,13,15,18,20H,7,10-12H2,1-3H3,(H,19,21). The Labute approximate surface area is 127 Å². The topological polar surface area (TPSA) is 53.2 Å². The second-order valence-electron chi connectivity index (χ2n) is 6.53. The number of amides is 1. The fourth-order valence-corrected chi connectivity index (χ4v) is 2.80. The van der Waals surface area contributed by atoms with Crippen LogP contribution in [0.15, 0.2) is 30.3 Å². The molecule has 2 rings (SSSR count). The minimum Gasteiger partial charge on any atom is -0.353 e. The van der Waals surface area contributed by atoms with E-state index in [1.165, 1.54) is 5.56 Å². The van der Waals surface area contributed by atoms with E-state index in [9.17, 15) is 4.79 Å². The van der Waals surface area contributed by atoms with E-state index in [1.807, 2.05) is 18.2 Å². The Balaban J connectivity index is 1.82. The smallest absolute Gasteiger partial charge is 0.237 e. The Hall–Kier alpha value is -1.39. The van der Waals surface area contributed by atoms with E-state index in [-0.39, 0.29) is 23.5 Å². The highest BCUT2D eigenvalue weighted by Crippen LogP contribution is 2.15. The lowest BCUT2D eigenvalue weighted by Gasteiger charge is -2.31. The molecule has 4 heteroatoms. The van der Waals surface area contributed by atoms with E-state index in [0.29, 0.717) is 6.54 Å². The van der Waals surface area contributed by atoms with Crippen molar-refractivity contribution in [2.75, 3.05) is 13.1 Å². The van der Waals surface area contributed by atoms with Crippen molar-refractivity contribution in [1.82, 2.24) is 16.0 Å². The molecule has 1 heterocycles. The van der Waals surface area contributed by atoms with Crippen LogP contribution in [0, 0.1) is 0 Å². The van der Waals surface area contributed by atoms with Gasteiger partial charge in [-0.15, -0.1) is 0 Å². The zero-order valence-corrected chi connectivity index (χ0v) is 13.3. The molecule has 0 bridgehead atoms. The van der Waals surface area contributed by atoms with Gasteiger partial charge in [-0.3, -0.25) is 4.79 Å². The van der Waals surface area contributed by atoms with Gasteiger partial charge in [0.25, 0.3) is 0 Å². The molecule has 0 aromatic heterocycles. The lowest BCUT2D eigenvalue weighted by molar-refractivity contribution is -0.123. The molecule has 0 spiro atoms. The number of hydrogen-bond acceptors (Lipinski definition) is 3. The summed E-state index contributed by atoms with van der Waals surface area (Å²) in [4.78, 5) is 12.0. The van der Waals surface area contributed by atoms with Crippen LogP contribution in [0.5, 0.6) is 0 Å². The Morgan fingerprint density at radius 3 is 2.71 bits per heavy atom. The first-order valence-corrected chi connectivity index (χ1v) is 7.82. The summed E-state index contributed by atoms with van der Waals surface area (Å²) < 4.78 is 0. The maximum absolute atomic E-state index is 12.0. The van der Waals surface area contributed by atoms with E-state index in [4.69, 9.17) is 0 Å². The number of benzene rings is 1. The van der Waals surface area contributed by atoms with E-state index >= 15 is 0 Å². The minimum atomic E-state index is -0.149. The third-order valence-electron chi connectivity index (χ3n) is 3.99. The van der Waals surface area contributed by atoms with Gasteiger partial charge in [-0.25, -0.2) is 0 Å². The molecule has 1 aromatic rings. The number of carbonyl (C=O) groups is 1. The zero-order valence-electron chi connectivity index (χ0n) is 13.3. The highest BCUT2D eigenvalue weighted by atomic mass is 16.2. The average molecular weight is 289 g/mol. The summed E-state index contributed by atoms with van der Waals surface area (Å²) in [6.45, 7) is 7.97.